The number of hydrogen-bond donors (Lipinski definition) is 2. The largest absolute Gasteiger partial charge is 0.480 e. The molecule has 0 spiro atoms. The lowest BCUT2D eigenvalue weighted by atomic mass is 10.2. The molecular formula is C10H13N3O2S. The number of hydrogen-bond acceptors (Lipinski definition) is 5. The molecule has 2 N–H and O–H groups in total. The van der Waals surface area contributed by atoms with Crippen molar-refractivity contribution in [3.05, 3.63) is 5.82 Å². The van der Waals surface area contributed by atoms with Gasteiger partial charge in [0.25, 0.3) is 0 Å². The lowest BCUT2D eigenvalue weighted by Gasteiger charge is -2.09. The Kier molecular flexibility index (Phi) is 4.73. The van der Waals surface area contributed by atoms with Gasteiger partial charge in [-0.2, -0.15) is 4.37 Å². The predicted molar refractivity (Wildman–Crippen MR) is 62.4 cm³/mol. The fourth-order valence-corrected chi connectivity index (χ4v) is 1.77. The van der Waals surface area contributed by atoms with Crippen LogP contribution in [0.1, 0.15) is 25.6 Å². The van der Waals surface area contributed by atoms with Crippen LogP contribution in [0.5, 0.6) is 0 Å². The molecule has 6 heteroatoms. The summed E-state index contributed by atoms with van der Waals surface area (Å²) in [5.41, 5.74) is 0. The van der Waals surface area contributed by atoms with Crippen LogP contribution in [0.3, 0.4) is 0 Å². The third-order valence-electron chi connectivity index (χ3n) is 1.86. The number of terminal acetylenes is 1. The lowest BCUT2D eigenvalue weighted by molar-refractivity contribution is -0.137. The maximum Gasteiger partial charge on any atom is 0.327 e. The lowest BCUT2D eigenvalue weighted by Crippen LogP contribution is -2.28. The molecule has 86 valence electrons. The van der Waals surface area contributed by atoms with E-state index in [2.05, 4.69) is 20.6 Å². The Balaban J connectivity index is 2.63. The normalized spacial score (nSPS) is 11.8. The summed E-state index contributed by atoms with van der Waals surface area (Å²) in [5.74, 6) is 2.07. The minimum Gasteiger partial charge on any atom is -0.480 e. The first-order valence-electron chi connectivity index (χ1n) is 4.92. The number of aromatic nitrogens is 2. The van der Waals surface area contributed by atoms with Gasteiger partial charge in [-0.25, -0.2) is 9.78 Å². The average Bonchev–Trinajstić information content (AvgIpc) is 2.65. The van der Waals surface area contributed by atoms with E-state index >= 15 is 0 Å². The van der Waals surface area contributed by atoms with Crippen molar-refractivity contribution in [3.63, 3.8) is 0 Å². The zero-order chi connectivity index (χ0) is 12.0. The Morgan fingerprint density at radius 3 is 3.06 bits per heavy atom. The van der Waals surface area contributed by atoms with Crippen LogP contribution >= 0.6 is 11.5 Å². The standard InChI is InChI=1S/C10H13N3O2S/c1-3-5-7(9(14)15)11-10-12-8(6-4-2)13-16-10/h1,7H,4-6H2,2H3,(H,14,15)(H,11,12,13). The average molecular weight is 239 g/mol. The van der Waals surface area contributed by atoms with Gasteiger partial charge in [-0.05, 0) is 6.42 Å². The van der Waals surface area contributed by atoms with Crippen LogP contribution in [0.15, 0.2) is 0 Å². The third kappa shape index (κ3) is 3.51. The molecule has 1 aromatic heterocycles. The Morgan fingerprint density at radius 2 is 2.50 bits per heavy atom. The second-order valence-corrected chi connectivity index (χ2v) is 3.96. The molecule has 1 aromatic rings. The molecule has 0 aliphatic carbocycles. The van der Waals surface area contributed by atoms with Crippen LogP contribution < -0.4 is 5.32 Å². The van der Waals surface area contributed by atoms with Crippen LogP contribution in [0.25, 0.3) is 0 Å². The van der Waals surface area contributed by atoms with Gasteiger partial charge < -0.3 is 10.4 Å². The minimum atomic E-state index is -0.981. The molecule has 0 aromatic carbocycles. The Bertz CT molecular complexity index is 397. The monoisotopic (exact) mass is 239 g/mol. The molecule has 0 saturated heterocycles. The minimum absolute atomic E-state index is 0.123. The second-order valence-electron chi connectivity index (χ2n) is 3.21. The number of nitrogens with zero attached hydrogens (tertiary/aromatic N) is 2. The second kappa shape index (κ2) is 6.08. The zero-order valence-electron chi connectivity index (χ0n) is 8.93. The summed E-state index contributed by atoms with van der Waals surface area (Å²) in [5, 5.41) is 12.1. The van der Waals surface area contributed by atoms with Gasteiger partial charge in [0, 0.05) is 24.4 Å². The molecule has 0 aliphatic rings. The Morgan fingerprint density at radius 1 is 1.75 bits per heavy atom. The highest BCUT2D eigenvalue weighted by Crippen LogP contribution is 2.14. The summed E-state index contributed by atoms with van der Waals surface area (Å²) in [7, 11) is 0. The van der Waals surface area contributed by atoms with Gasteiger partial charge in [0.05, 0.1) is 0 Å². The van der Waals surface area contributed by atoms with Crippen molar-refractivity contribution >= 4 is 22.6 Å². The summed E-state index contributed by atoms with van der Waals surface area (Å²) in [6.07, 6.45) is 6.97. The first-order chi connectivity index (χ1) is 7.67. The van der Waals surface area contributed by atoms with Crippen molar-refractivity contribution in [2.45, 2.75) is 32.2 Å². The van der Waals surface area contributed by atoms with Gasteiger partial charge in [0.15, 0.2) is 0 Å². The molecule has 0 saturated carbocycles. The van der Waals surface area contributed by atoms with E-state index in [4.69, 9.17) is 11.5 Å². The van der Waals surface area contributed by atoms with Crippen LogP contribution in [0.4, 0.5) is 5.13 Å². The highest BCUT2D eigenvalue weighted by Gasteiger charge is 2.17. The molecule has 1 heterocycles. The highest BCUT2D eigenvalue weighted by molar-refractivity contribution is 7.09. The van der Waals surface area contributed by atoms with E-state index in [0.29, 0.717) is 5.13 Å². The van der Waals surface area contributed by atoms with E-state index in [9.17, 15) is 4.79 Å². The highest BCUT2D eigenvalue weighted by atomic mass is 32.1. The smallest absolute Gasteiger partial charge is 0.327 e. The van der Waals surface area contributed by atoms with Gasteiger partial charge in [0.2, 0.25) is 5.13 Å². The van der Waals surface area contributed by atoms with E-state index in [-0.39, 0.29) is 6.42 Å². The van der Waals surface area contributed by atoms with Crippen LogP contribution in [-0.2, 0) is 11.2 Å². The molecule has 1 rings (SSSR count). The van der Waals surface area contributed by atoms with Crippen molar-refractivity contribution < 1.29 is 9.90 Å². The summed E-state index contributed by atoms with van der Waals surface area (Å²) >= 11 is 1.16. The fourth-order valence-electron chi connectivity index (χ4n) is 1.10. The molecular weight excluding hydrogens is 226 g/mol. The number of carboxylic acid groups (broad SMARTS) is 1. The molecule has 0 amide bonds. The fraction of sp³-hybridized carbons (Fsp3) is 0.500. The van der Waals surface area contributed by atoms with E-state index < -0.39 is 12.0 Å². The van der Waals surface area contributed by atoms with E-state index in [1.54, 1.807) is 0 Å². The molecule has 1 atom stereocenters. The SMILES string of the molecule is C#CCC(Nc1nc(CCC)ns1)C(=O)O. The van der Waals surface area contributed by atoms with Gasteiger partial charge in [-0.1, -0.05) is 6.92 Å². The molecule has 5 nitrogen and oxygen atoms in total. The molecule has 0 bridgehead atoms. The van der Waals surface area contributed by atoms with E-state index in [1.807, 2.05) is 6.92 Å². The maximum atomic E-state index is 10.8. The number of anilines is 1. The van der Waals surface area contributed by atoms with Gasteiger partial charge in [-0.3, -0.25) is 0 Å². The predicted octanol–water partition coefficient (Wildman–Crippen LogP) is 1.38. The molecule has 16 heavy (non-hydrogen) atoms. The van der Waals surface area contributed by atoms with Crippen LogP contribution in [-0.4, -0.2) is 26.5 Å². The zero-order valence-corrected chi connectivity index (χ0v) is 9.75. The Hall–Kier alpha value is -1.61. The van der Waals surface area contributed by atoms with Gasteiger partial charge >= 0.3 is 5.97 Å². The maximum absolute atomic E-state index is 10.8. The topological polar surface area (TPSA) is 75.1 Å². The number of aryl methyl sites for hydroxylation is 1. The van der Waals surface area contributed by atoms with Crippen molar-refractivity contribution in [2.75, 3.05) is 5.32 Å². The quantitative estimate of drug-likeness (QED) is 0.733. The van der Waals surface area contributed by atoms with E-state index in [0.717, 1.165) is 30.2 Å². The van der Waals surface area contributed by atoms with Crippen molar-refractivity contribution in [1.29, 1.82) is 0 Å². The number of carboxylic acids is 1. The van der Waals surface area contributed by atoms with E-state index in [1.165, 1.54) is 0 Å². The molecule has 0 fully saturated rings. The van der Waals surface area contributed by atoms with Crippen LogP contribution in [0, 0.1) is 12.3 Å². The van der Waals surface area contributed by atoms with Crippen molar-refractivity contribution in [2.24, 2.45) is 0 Å². The first-order valence-corrected chi connectivity index (χ1v) is 5.70. The first kappa shape index (κ1) is 12.5. The number of carbonyl (C=O) groups is 1. The summed E-state index contributed by atoms with van der Waals surface area (Å²) in [6.45, 7) is 2.03. The molecule has 0 radical (unpaired) electrons. The van der Waals surface area contributed by atoms with Crippen LogP contribution in [0.2, 0.25) is 0 Å². The molecule has 1 unspecified atom stereocenters. The van der Waals surface area contributed by atoms with Crippen molar-refractivity contribution in [3.8, 4) is 12.3 Å². The summed E-state index contributed by atoms with van der Waals surface area (Å²) < 4.78 is 4.10. The van der Waals surface area contributed by atoms with Crippen molar-refractivity contribution in [1.82, 2.24) is 9.36 Å². The number of rotatable bonds is 6. The number of aliphatic carboxylic acids is 1. The summed E-state index contributed by atoms with van der Waals surface area (Å²) in [4.78, 5) is 15.0. The summed E-state index contributed by atoms with van der Waals surface area (Å²) in [6, 6.07) is -0.799. The molecule has 0 aliphatic heterocycles. The third-order valence-corrected chi connectivity index (χ3v) is 2.54. The number of nitrogens with one attached hydrogen (secondary N) is 1. The Labute approximate surface area is 98.1 Å². The van der Waals surface area contributed by atoms with Gasteiger partial charge in [0.1, 0.15) is 11.9 Å². The van der Waals surface area contributed by atoms with Gasteiger partial charge in [-0.15, -0.1) is 12.3 Å².